The Morgan fingerprint density at radius 1 is 1.38 bits per heavy atom. The molecule has 0 aliphatic heterocycles. The second-order valence-electron chi connectivity index (χ2n) is 3.42. The van der Waals surface area contributed by atoms with Crippen LogP contribution in [0.15, 0.2) is 28.7 Å². The zero-order valence-electron chi connectivity index (χ0n) is 9.03. The van der Waals surface area contributed by atoms with Crippen molar-refractivity contribution in [3.63, 3.8) is 0 Å². The number of rotatable bonds is 3. The third-order valence-electron chi connectivity index (χ3n) is 2.37. The van der Waals surface area contributed by atoms with Crippen molar-refractivity contribution in [2.75, 3.05) is 0 Å². The molecule has 0 fully saturated rings. The van der Waals surface area contributed by atoms with Gasteiger partial charge in [0.05, 0.1) is 6.54 Å². The quantitative estimate of drug-likeness (QED) is 0.864. The molecule has 3 nitrogen and oxygen atoms in total. The van der Waals surface area contributed by atoms with E-state index in [0.717, 1.165) is 0 Å². The lowest BCUT2D eigenvalue weighted by atomic mass is 10.1. The van der Waals surface area contributed by atoms with Gasteiger partial charge in [0, 0.05) is 12.0 Å². The molecule has 0 amide bonds. The van der Waals surface area contributed by atoms with E-state index in [2.05, 4.69) is 4.98 Å². The highest BCUT2D eigenvalue weighted by Crippen LogP contribution is 2.26. The van der Waals surface area contributed by atoms with E-state index in [1.807, 2.05) is 6.92 Å². The molecule has 1 aromatic carbocycles. The maximum atomic E-state index is 13.6. The van der Waals surface area contributed by atoms with Crippen molar-refractivity contribution in [1.82, 2.24) is 4.98 Å². The Bertz CT molecular complexity index is 494. The fourth-order valence-corrected chi connectivity index (χ4v) is 1.59. The number of nitrogens with zero attached hydrogens (tertiary/aromatic N) is 1. The lowest BCUT2D eigenvalue weighted by Crippen LogP contribution is -1.95. The first-order valence-corrected chi connectivity index (χ1v) is 5.19. The highest BCUT2D eigenvalue weighted by molar-refractivity contribution is 5.62. The molecular weight excluding hydrogens is 207 g/mol. The van der Waals surface area contributed by atoms with Gasteiger partial charge < -0.3 is 10.2 Å². The van der Waals surface area contributed by atoms with Crippen LogP contribution in [-0.2, 0) is 13.0 Å². The number of hydrogen-bond donors (Lipinski definition) is 1. The Morgan fingerprint density at radius 2 is 2.12 bits per heavy atom. The molecule has 0 unspecified atom stereocenters. The number of nitrogens with two attached hydrogens (primary N) is 1. The fraction of sp³-hybridized carbons (Fsp3) is 0.250. The Balaban J connectivity index is 2.54. The van der Waals surface area contributed by atoms with E-state index in [-0.39, 0.29) is 12.4 Å². The predicted molar refractivity (Wildman–Crippen MR) is 59.2 cm³/mol. The van der Waals surface area contributed by atoms with E-state index < -0.39 is 0 Å². The van der Waals surface area contributed by atoms with Crippen LogP contribution >= 0.6 is 0 Å². The number of aromatic nitrogens is 1. The van der Waals surface area contributed by atoms with Gasteiger partial charge in [0.2, 0.25) is 5.89 Å². The molecule has 0 aliphatic rings. The molecule has 1 aromatic heterocycles. The lowest BCUT2D eigenvalue weighted by Gasteiger charge is -1.99. The summed E-state index contributed by atoms with van der Waals surface area (Å²) in [5.74, 6) is 0.815. The topological polar surface area (TPSA) is 52.0 Å². The Hall–Kier alpha value is -1.68. The number of benzene rings is 1. The second-order valence-corrected chi connectivity index (χ2v) is 3.42. The Morgan fingerprint density at radius 3 is 2.75 bits per heavy atom. The van der Waals surface area contributed by atoms with Crippen molar-refractivity contribution in [2.45, 2.75) is 19.9 Å². The molecule has 0 radical (unpaired) electrons. The van der Waals surface area contributed by atoms with Gasteiger partial charge in [-0.1, -0.05) is 19.1 Å². The van der Waals surface area contributed by atoms with Crippen LogP contribution in [0.4, 0.5) is 4.39 Å². The summed E-state index contributed by atoms with van der Waals surface area (Å²) in [5, 5.41) is 0. The number of halogens is 1. The maximum Gasteiger partial charge on any atom is 0.208 e. The number of oxazole rings is 1. The van der Waals surface area contributed by atoms with Crippen molar-refractivity contribution < 1.29 is 8.81 Å². The SMILES string of the molecule is CCc1oc(CN)nc1-c1ccccc1F. The van der Waals surface area contributed by atoms with Crippen LogP contribution in [0, 0.1) is 5.82 Å². The van der Waals surface area contributed by atoms with E-state index in [1.165, 1.54) is 6.07 Å². The molecule has 4 heteroatoms. The molecule has 0 spiro atoms. The molecule has 0 saturated carbocycles. The summed E-state index contributed by atoms with van der Waals surface area (Å²) in [6.07, 6.45) is 0.663. The van der Waals surface area contributed by atoms with Crippen molar-refractivity contribution in [3.05, 3.63) is 41.7 Å². The van der Waals surface area contributed by atoms with Gasteiger partial charge in [-0.25, -0.2) is 9.37 Å². The standard InChI is InChI=1S/C12H13FN2O/c1-2-10-12(15-11(7-14)16-10)8-5-3-4-6-9(8)13/h3-6H,2,7,14H2,1H3. The predicted octanol–water partition coefficient (Wildman–Crippen LogP) is 2.50. The van der Waals surface area contributed by atoms with Gasteiger partial charge in [0.25, 0.3) is 0 Å². The molecule has 0 saturated heterocycles. The van der Waals surface area contributed by atoms with Crippen LogP contribution in [0.5, 0.6) is 0 Å². The Labute approximate surface area is 93.1 Å². The molecule has 84 valence electrons. The second kappa shape index (κ2) is 4.45. The van der Waals surface area contributed by atoms with Gasteiger partial charge in [-0.3, -0.25) is 0 Å². The van der Waals surface area contributed by atoms with Crippen LogP contribution < -0.4 is 5.73 Å². The minimum atomic E-state index is -0.297. The summed E-state index contributed by atoms with van der Waals surface area (Å²) in [6, 6.07) is 6.52. The zero-order chi connectivity index (χ0) is 11.5. The highest BCUT2D eigenvalue weighted by atomic mass is 19.1. The van der Waals surface area contributed by atoms with Gasteiger partial charge in [-0.05, 0) is 12.1 Å². The average Bonchev–Trinajstić information content (AvgIpc) is 2.72. The van der Waals surface area contributed by atoms with Gasteiger partial charge in [0.1, 0.15) is 17.3 Å². The summed E-state index contributed by atoms with van der Waals surface area (Å²) in [5.41, 5.74) is 6.47. The first-order chi connectivity index (χ1) is 7.76. The molecular formula is C12H13FN2O. The Kier molecular flexibility index (Phi) is 3.01. The summed E-state index contributed by atoms with van der Waals surface area (Å²) in [7, 11) is 0. The maximum absolute atomic E-state index is 13.6. The molecule has 2 N–H and O–H groups in total. The smallest absolute Gasteiger partial charge is 0.208 e. The van der Waals surface area contributed by atoms with Crippen molar-refractivity contribution in [1.29, 1.82) is 0 Å². The lowest BCUT2D eigenvalue weighted by molar-refractivity contribution is 0.461. The normalized spacial score (nSPS) is 10.7. The van der Waals surface area contributed by atoms with E-state index in [1.54, 1.807) is 18.2 Å². The third-order valence-corrected chi connectivity index (χ3v) is 2.37. The zero-order valence-corrected chi connectivity index (χ0v) is 9.03. The molecule has 0 atom stereocenters. The van der Waals surface area contributed by atoms with Crippen LogP contribution in [-0.4, -0.2) is 4.98 Å². The van der Waals surface area contributed by atoms with Crippen LogP contribution in [0.25, 0.3) is 11.3 Å². The third kappa shape index (κ3) is 1.84. The largest absolute Gasteiger partial charge is 0.444 e. The van der Waals surface area contributed by atoms with E-state index in [4.69, 9.17) is 10.2 Å². The molecule has 2 rings (SSSR count). The van der Waals surface area contributed by atoms with Gasteiger partial charge in [0.15, 0.2) is 0 Å². The summed E-state index contributed by atoms with van der Waals surface area (Å²) in [4.78, 5) is 4.20. The number of aryl methyl sites for hydroxylation is 1. The van der Waals surface area contributed by atoms with E-state index in [0.29, 0.717) is 29.3 Å². The molecule has 2 aromatic rings. The molecule has 16 heavy (non-hydrogen) atoms. The molecule has 0 aliphatic carbocycles. The fourth-order valence-electron chi connectivity index (χ4n) is 1.59. The minimum absolute atomic E-state index is 0.224. The van der Waals surface area contributed by atoms with Crippen LogP contribution in [0.2, 0.25) is 0 Å². The van der Waals surface area contributed by atoms with Crippen molar-refractivity contribution in [2.24, 2.45) is 5.73 Å². The van der Waals surface area contributed by atoms with Crippen LogP contribution in [0.3, 0.4) is 0 Å². The minimum Gasteiger partial charge on any atom is -0.444 e. The van der Waals surface area contributed by atoms with Crippen molar-refractivity contribution >= 4 is 0 Å². The van der Waals surface area contributed by atoms with Gasteiger partial charge >= 0.3 is 0 Å². The number of hydrogen-bond acceptors (Lipinski definition) is 3. The average molecular weight is 220 g/mol. The monoisotopic (exact) mass is 220 g/mol. The molecule has 1 heterocycles. The summed E-state index contributed by atoms with van der Waals surface area (Å²) >= 11 is 0. The van der Waals surface area contributed by atoms with Gasteiger partial charge in [-0.2, -0.15) is 0 Å². The van der Waals surface area contributed by atoms with Crippen LogP contribution in [0.1, 0.15) is 18.6 Å². The first-order valence-electron chi connectivity index (χ1n) is 5.19. The summed E-state index contributed by atoms with van der Waals surface area (Å²) in [6.45, 7) is 2.16. The first kappa shape index (κ1) is 10.8. The van der Waals surface area contributed by atoms with E-state index in [9.17, 15) is 4.39 Å². The highest BCUT2D eigenvalue weighted by Gasteiger charge is 2.15. The molecule has 0 bridgehead atoms. The van der Waals surface area contributed by atoms with Gasteiger partial charge in [-0.15, -0.1) is 0 Å². The van der Waals surface area contributed by atoms with Crippen molar-refractivity contribution in [3.8, 4) is 11.3 Å². The van der Waals surface area contributed by atoms with E-state index >= 15 is 0 Å². The summed E-state index contributed by atoms with van der Waals surface area (Å²) < 4.78 is 19.0.